The highest BCUT2D eigenvalue weighted by Gasteiger charge is 2.24. The summed E-state index contributed by atoms with van der Waals surface area (Å²) in [4.78, 5) is 29.2. The van der Waals surface area contributed by atoms with Crippen molar-refractivity contribution >= 4 is 17.5 Å². The first-order valence-electron chi connectivity index (χ1n) is 9.80. The van der Waals surface area contributed by atoms with E-state index in [1.807, 2.05) is 69.0 Å². The van der Waals surface area contributed by atoms with Gasteiger partial charge in [-0.2, -0.15) is 0 Å². The van der Waals surface area contributed by atoms with Crippen LogP contribution < -0.4 is 5.32 Å². The molecule has 1 heterocycles. The van der Waals surface area contributed by atoms with E-state index in [9.17, 15) is 9.59 Å². The first kappa shape index (κ1) is 20.1. The molecule has 1 aliphatic heterocycles. The monoisotopic (exact) mass is 379 g/mol. The zero-order chi connectivity index (χ0) is 20.3. The van der Waals surface area contributed by atoms with Crippen molar-refractivity contribution in [1.29, 1.82) is 0 Å². The summed E-state index contributed by atoms with van der Waals surface area (Å²) >= 11 is 0. The number of aryl methyl sites for hydroxylation is 3. The average Bonchev–Trinajstić information content (AvgIpc) is 2.65. The molecule has 2 amide bonds. The molecule has 1 N–H and O–H groups in total. The minimum absolute atomic E-state index is 0.0112. The summed E-state index contributed by atoms with van der Waals surface area (Å²) in [6.45, 7) is 11.1. The summed E-state index contributed by atoms with van der Waals surface area (Å²) in [5.74, 6) is 0.0693. The molecule has 1 fully saturated rings. The Bertz CT molecular complexity index is 883. The second-order valence-corrected chi connectivity index (χ2v) is 7.68. The van der Waals surface area contributed by atoms with Gasteiger partial charge in [0.05, 0.1) is 6.54 Å². The van der Waals surface area contributed by atoms with Gasteiger partial charge in [-0.15, -0.1) is 0 Å². The highest BCUT2D eigenvalue weighted by Crippen LogP contribution is 2.18. The molecule has 5 heteroatoms. The van der Waals surface area contributed by atoms with E-state index in [4.69, 9.17) is 0 Å². The van der Waals surface area contributed by atoms with E-state index >= 15 is 0 Å². The molecule has 148 valence electrons. The summed E-state index contributed by atoms with van der Waals surface area (Å²) < 4.78 is 0. The maximum absolute atomic E-state index is 12.8. The lowest BCUT2D eigenvalue weighted by molar-refractivity contribution is -0.117. The standard InChI is InChI=1S/C23H29N3O2/c1-16-8-9-20(18(3)14-16)23(28)26-12-10-25(11-13-26)15-22(27)24-21-7-5-6-17(2)19(21)4/h5-9,14H,10-13,15H2,1-4H3,(H,24,27). The summed E-state index contributed by atoms with van der Waals surface area (Å²) in [6, 6.07) is 11.9. The van der Waals surface area contributed by atoms with Gasteiger partial charge < -0.3 is 10.2 Å². The molecule has 2 aromatic carbocycles. The van der Waals surface area contributed by atoms with Gasteiger partial charge in [-0.3, -0.25) is 14.5 Å². The molecule has 2 aromatic rings. The van der Waals surface area contributed by atoms with Crippen LogP contribution in [0, 0.1) is 27.7 Å². The SMILES string of the molecule is Cc1ccc(C(=O)N2CCN(CC(=O)Nc3cccc(C)c3C)CC2)c(C)c1. The number of carbonyl (C=O) groups is 2. The van der Waals surface area contributed by atoms with Crippen LogP contribution in [-0.2, 0) is 4.79 Å². The first-order valence-corrected chi connectivity index (χ1v) is 9.80. The third kappa shape index (κ3) is 4.60. The van der Waals surface area contributed by atoms with Crippen molar-refractivity contribution in [1.82, 2.24) is 9.80 Å². The Labute approximate surface area is 167 Å². The number of piperazine rings is 1. The van der Waals surface area contributed by atoms with E-state index in [0.717, 1.165) is 33.5 Å². The summed E-state index contributed by atoms with van der Waals surface area (Å²) in [6.07, 6.45) is 0. The number of nitrogens with one attached hydrogen (secondary N) is 1. The molecular formula is C23H29N3O2. The molecule has 5 nitrogen and oxygen atoms in total. The number of carbonyl (C=O) groups excluding carboxylic acids is 2. The van der Waals surface area contributed by atoms with Crippen LogP contribution in [0.1, 0.15) is 32.6 Å². The van der Waals surface area contributed by atoms with Gasteiger partial charge in [0.15, 0.2) is 0 Å². The molecule has 0 spiro atoms. The molecule has 1 saturated heterocycles. The fourth-order valence-corrected chi connectivity index (χ4v) is 3.61. The van der Waals surface area contributed by atoms with E-state index in [1.165, 1.54) is 0 Å². The van der Waals surface area contributed by atoms with Crippen molar-refractivity contribution in [2.45, 2.75) is 27.7 Å². The second kappa shape index (κ2) is 8.57. The molecule has 3 rings (SSSR count). The predicted molar refractivity (Wildman–Crippen MR) is 113 cm³/mol. The van der Waals surface area contributed by atoms with Crippen LogP contribution in [0.25, 0.3) is 0 Å². The van der Waals surface area contributed by atoms with Crippen molar-refractivity contribution in [2.75, 3.05) is 38.0 Å². The van der Waals surface area contributed by atoms with Crippen LogP contribution >= 0.6 is 0 Å². The summed E-state index contributed by atoms with van der Waals surface area (Å²) in [7, 11) is 0. The molecule has 0 radical (unpaired) electrons. The predicted octanol–water partition coefficient (Wildman–Crippen LogP) is 3.32. The Morgan fingerprint density at radius 1 is 0.929 bits per heavy atom. The molecule has 0 bridgehead atoms. The maximum Gasteiger partial charge on any atom is 0.254 e. The van der Waals surface area contributed by atoms with Gasteiger partial charge >= 0.3 is 0 Å². The molecule has 1 aliphatic rings. The van der Waals surface area contributed by atoms with E-state index in [2.05, 4.69) is 10.2 Å². The van der Waals surface area contributed by atoms with E-state index in [-0.39, 0.29) is 11.8 Å². The second-order valence-electron chi connectivity index (χ2n) is 7.68. The van der Waals surface area contributed by atoms with Crippen LogP contribution in [-0.4, -0.2) is 54.3 Å². The van der Waals surface area contributed by atoms with Crippen molar-refractivity contribution in [3.63, 3.8) is 0 Å². The number of hydrogen-bond acceptors (Lipinski definition) is 3. The van der Waals surface area contributed by atoms with E-state index < -0.39 is 0 Å². The molecule has 28 heavy (non-hydrogen) atoms. The smallest absolute Gasteiger partial charge is 0.254 e. The van der Waals surface area contributed by atoms with Gasteiger partial charge in [-0.1, -0.05) is 29.8 Å². The van der Waals surface area contributed by atoms with Crippen molar-refractivity contribution in [2.24, 2.45) is 0 Å². The highest BCUT2D eigenvalue weighted by atomic mass is 16.2. The number of rotatable bonds is 4. The van der Waals surface area contributed by atoms with Gasteiger partial charge in [0, 0.05) is 37.4 Å². The molecule has 0 unspecified atom stereocenters. The topological polar surface area (TPSA) is 52.7 Å². The van der Waals surface area contributed by atoms with Crippen molar-refractivity contribution in [3.8, 4) is 0 Å². The minimum Gasteiger partial charge on any atom is -0.336 e. The van der Waals surface area contributed by atoms with Gasteiger partial charge in [0.25, 0.3) is 5.91 Å². The fraction of sp³-hybridized carbons (Fsp3) is 0.391. The first-order chi connectivity index (χ1) is 13.3. The Hall–Kier alpha value is -2.66. The minimum atomic E-state index is -0.0112. The maximum atomic E-state index is 12.8. The van der Waals surface area contributed by atoms with Gasteiger partial charge in [0.2, 0.25) is 5.91 Å². The third-order valence-corrected chi connectivity index (χ3v) is 5.52. The number of anilines is 1. The zero-order valence-corrected chi connectivity index (χ0v) is 17.2. The Kier molecular flexibility index (Phi) is 6.15. The Morgan fingerprint density at radius 3 is 2.32 bits per heavy atom. The lowest BCUT2D eigenvalue weighted by Crippen LogP contribution is -2.50. The van der Waals surface area contributed by atoms with Crippen LogP contribution in [0.5, 0.6) is 0 Å². The number of benzene rings is 2. The molecule has 0 saturated carbocycles. The number of nitrogens with zero attached hydrogens (tertiary/aromatic N) is 2. The van der Waals surface area contributed by atoms with Gasteiger partial charge in [-0.05, 0) is 56.5 Å². The Morgan fingerprint density at radius 2 is 1.64 bits per heavy atom. The van der Waals surface area contributed by atoms with Gasteiger partial charge in [0.1, 0.15) is 0 Å². The fourth-order valence-electron chi connectivity index (χ4n) is 3.61. The quantitative estimate of drug-likeness (QED) is 0.887. The van der Waals surface area contributed by atoms with Crippen LogP contribution in [0.3, 0.4) is 0 Å². The highest BCUT2D eigenvalue weighted by molar-refractivity contribution is 5.96. The third-order valence-electron chi connectivity index (χ3n) is 5.52. The van der Waals surface area contributed by atoms with Crippen LogP contribution in [0.15, 0.2) is 36.4 Å². The molecule has 0 aliphatic carbocycles. The van der Waals surface area contributed by atoms with Crippen LogP contribution in [0.4, 0.5) is 5.69 Å². The number of hydrogen-bond donors (Lipinski definition) is 1. The number of amides is 2. The van der Waals surface area contributed by atoms with Crippen LogP contribution in [0.2, 0.25) is 0 Å². The average molecular weight is 380 g/mol. The lowest BCUT2D eigenvalue weighted by Gasteiger charge is -2.34. The Balaban J connectivity index is 1.53. The van der Waals surface area contributed by atoms with Crippen molar-refractivity contribution < 1.29 is 9.59 Å². The largest absolute Gasteiger partial charge is 0.336 e. The lowest BCUT2D eigenvalue weighted by atomic mass is 10.0. The molecule has 0 aromatic heterocycles. The van der Waals surface area contributed by atoms with E-state index in [1.54, 1.807) is 0 Å². The zero-order valence-electron chi connectivity index (χ0n) is 17.2. The molecule has 0 atom stereocenters. The van der Waals surface area contributed by atoms with Crippen molar-refractivity contribution in [3.05, 3.63) is 64.2 Å². The summed E-state index contributed by atoms with van der Waals surface area (Å²) in [5.41, 5.74) is 6.07. The normalized spacial score (nSPS) is 14.8. The molecular weight excluding hydrogens is 350 g/mol. The van der Waals surface area contributed by atoms with Gasteiger partial charge in [-0.25, -0.2) is 0 Å². The van der Waals surface area contributed by atoms with E-state index in [0.29, 0.717) is 32.7 Å². The summed E-state index contributed by atoms with van der Waals surface area (Å²) in [5, 5.41) is 3.01.